The molecule has 23 heavy (non-hydrogen) atoms. The molecule has 7 nitrogen and oxygen atoms in total. The molecule has 0 fully saturated rings. The quantitative estimate of drug-likeness (QED) is 0.807. The van der Waals surface area contributed by atoms with Gasteiger partial charge in [0, 0.05) is 12.5 Å². The standard InChI is InChI=1S/C14H17F2N5O2/c1-3-23-11-7-5-4-6-10(11)14(15,16)13(22)17-8-9(2)12-18-20-21-19-12/h4-7,9H,3,8H2,1-2H3,(H,17,22)(H,18,19,20,21). The number of para-hydroxylation sites is 1. The van der Waals surface area contributed by atoms with Gasteiger partial charge < -0.3 is 10.1 Å². The van der Waals surface area contributed by atoms with Gasteiger partial charge in [0.05, 0.1) is 12.2 Å². The number of carbonyl (C=O) groups excluding carboxylic acids is 1. The molecule has 0 aliphatic carbocycles. The fourth-order valence-electron chi connectivity index (χ4n) is 1.96. The summed E-state index contributed by atoms with van der Waals surface area (Å²) in [5, 5.41) is 15.4. The number of aromatic nitrogens is 4. The zero-order valence-corrected chi connectivity index (χ0v) is 12.7. The molecule has 1 atom stereocenters. The lowest BCUT2D eigenvalue weighted by Gasteiger charge is -2.20. The molecule has 0 aliphatic heterocycles. The number of carbonyl (C=O) groups is 1. The van der Waals surface area contributed by atoms with E-state index in [9.17, 15) is 13.6 Å². The number of H-pyrrole nitrogens is 1. The number of aromatic amines is 1. The Kier molecular flexibility index (Phi) is 5.20. The molecule has 0 aliphatic rings. The van der Waals surface area contributed by atoms with Crippen molar-refractivity contribution in [3.8, 4) is 5.75 Å². The first-order chi connectivity index (χ1) is 11.0. The first kappa shape index (κ1) is 16.8. The smallest absolute Gasteiger partial charge is 0.353 e. The Morgan fingerprint density at radius 2 is 2.17 bits per heavy atom. The van der Waals surface area contributed by atoms with E-state index in [2.05, 4.69) is 25.9 Å². The maximum Gasteiger partial charge on any atom is 0.353 e. The van der Waals surface area contributed by atoms with Gasteiger partial charge in [0.15, 0.2) is 5.82 Å². The van der Waals surface area contributed by atoms with Gasteiger partial charge in [-0.3, -0.25) is 4.79 Å². The van der Waals surface area contributed by atoms with Crippen LogP contribution in [0, 0.1) is 0 Å². The largest absolute Gasteiger partial charge is 0.493 e. The molecule has 2 N–H and O–H groups in total. The third-order valence-electron chi connectivity index (χ3n) is 3.18. The van der Waals surface area contributed by atoms with Crippen LogP contribution in [-0.4, -0.2) is 39.7 Å². The predicted octanol–water partition coefficient (Wildman–Crippen LogP) is 1.61. The highest BCUT2D eigenvalue weighted by Crippen LogP contribution is 2.35. The molecule has 1 aromatic heterocycles. The number of rotatable bonds is 7. The molecular weight excluding hydrogens is 308 g/mol. The second kappa shape index (κ2) is 7.12. The zero-order valence-electron chi connectivity index (χ0n) is 12.7. The Labute approximate surface area is 131 Å². The third kappa shape index (κ3) is 3.79. The molecule has 0 radical (unpaired) electrons. The van der Waals surface area contributed by atoms with Gasteiger partial charge in [0.25, 0.3) is 5.91 Å². The van der Waals surface area contributed by atoms with E-state index in [1.807, 2.05) is 0 Å². The summed E-state index contributed by atoms with van der Waals surface area (Å²) in [5.41, 5.74) is -0.466. The summed E-state index contributed by atoms with van der Waals surface area (Å²) in [5.74, 6) is -5.14. The number of tetrazole rings is 1. The maximum absolute atomic E-state index is 14.4. The highest BCUT2D eigenvalue weighted by Gasteiger charge is 2.43. The van der Waals surface area contributed by atoms with Crippen LogP contribution in [0.1, 0.15) is 31.2 Å². The number of ether oxygens (including phenoxy) is 1. The highest BCUT2D eigenvalue weighted by molar-refractivity contribution is 5.85. The number of alkyl halides is 2. The van der Waals surface area contributed by atoms with E-state index in [1.165, 1.54) is 18.2 Å². The molecule has 0 bridgehead atoms. The molecule has 124 valence electrons. The number of amides is 1. The summed E-state index contributed by atoms with van der Waals surface area (Å²) < 4.78 is 33.9. The van der Waals surface area contributed by atoms with Gasteiger partial charge in [-0.1, -0.05) is 24.3 Å². The lowest BCUT2D eigenvalue weighted by atomic mass is 10.1. The van der Waals surface area contributed by atoms with E-state index in [4.69, 9.17) is 4.74 Å². The fraction of sp³-hybridized carbons (Fsp3) is 0.429. The molecule has 1 aromatic carbocycles. The minimum absolute atomic E-state index is 0.0126. The van der Waals surface area contributed by atoms with Gasteiger partial charge in [-0.15, -0.1) is 10.2 Å². The van der Waals surface area contributed by atoms with Crippen LogP contribution in [-0.2, 0) is 10.7 Å². The lowest BCUT2D eigenvalue weighted by Crippen LogP contribution is -2.40. The van der Waals surface area contributed by atoms with Crippen molar-refractivity contribution in [2.75, 3.05) is 13.2 Å². The average Bonchev–Trinajstić information content (AvgIpc) is 3.07. The van der Waals surface area contributed by atoms with Gasteiger partial charge in [-0.25, -0.2) is 0 Å². The summed E-state index contributed by atoms with van der Waals surface area (Å²) in [7, 11) is 0. The van der Waals surface area contributed by atoms with Gasteiger partial charge in [0.2, 0.25) is 0 Å². The van der Waals surface area contributed by atoms with Crippen LogP contribution in [0.3, 0.4) is 0 Å². The normalized spacial score (nSPS) is 12.7. The van der Waals surface area contributed by atoms with Crippen LogP contribution >= 0.6 is 0 Å². The van der Waals surface area contributed by atoms with Crippen molar-refractivity contribution in [1.82, 2.24) is 25.9 Å². The number of halogens is 2. The predicted molar refractivity (Wildman–Crippen MR) is 77.1 cm³/mol. The van der Waals surface area contributed by atoms with Crippen LogP contribution in [0.25, 0.3) is 0 Å². The molecule has 1 heterocycles. The van der Waals surface area contributed by atoms with Crippen molar-refractivity contribution in [1.29, 1.82) is 0 Å². The second-order valence-electron chi connectivity index (χ2n) is 4.88. The fourth-order valence-corrected chi connectivity index (χ4v) is 1.96. The van der Waals surface area contributed by atoms with Crippen LogP contribution in [0.4, 0.5) is 8.78 Å². The van der Waals surface area contributed by atoms with Crippen LogP contribution in [0.5, 0.6) is 5.75 Å². The minimum Gasteiger partial charge on any atom is -0.493 e. The SMILES string of the molecule is CCOc1ccccc1C(F)(F)C(=O)NCC(C)c1nn[nH]n1. The van der Waals surface area contributed by atoms with Crippen LogP contribution in [0.15, 0.2) is 24.3 Å². The molecule has 2 rings (SSSR count). The minimum atomic E-state index is -3.71. The summed E-state index contributed by atoms with van der Waals surface area (Å²) in [6.45, 7) is 3.56. The van der Waals surface area contributed by atoms with Crippen molar-refractivity contribution in [2.45, 2.75) is 25.7 Å². The Morgan fingerprint density at radius 1 is 1.43 bits per heavy atom. The zero-order chi connectivity index (χ0) is 16.9. The van der Waals surface area contributed by atoms with E-state index < -0.39 is 17.4 Å². The number of nitrogens with one attached hydrogen (secondary N) is 2. The summed E-state index contributed by atoms with van der Waals surface area (Å²) in [6, 6.07) is 5.58. The second-order valence-corrected chi connectivity index (χ2v) is 4.88. The van der Waals surface area contributed by atoms with Gasteiger partial charge in [-0.05, 0) is 19.1 Å². The molecular formula is C14H17F2N5O2. The number of hydrogen-bond donors (Lipinski definition) is 2. The molecule has 0 saturated carbocycles. The topological polar surface area (TPSA) is 92.8 Å². The Balaban J connectivity index is 2.08. The van der Waals surface area contributed by atoms with E-state index in [1.54, 1.807) is 19.9 Å². The highest BCUT2D eigenvalue weighted by atomic mass is 19.3. The Morgan fingerprint density at radius 3 is 2.83 bits per heavy atom. The number of benzene rings is 1. The molecule has 1 amide bonds. The average molecular weight is 325 g/mol. The van der Waals surface area contributed by atoms with E-state index in [0.29, 0.717) is 5.82 Å². The molecule has 0 spiro atoms. The monoisotopic (exact) mass is 325 g/mol. The molecule has 0 saturated heterocycles. The Bertz CT molecular complexity index is 648. The molecule has 9 heteroatoms. The first-order valence-electron chi connectivity index (χ1n) is 7.08. The van der Waals surface area contributed by atoms with Crippen LogP contribution < -0.4 is 10.1 Å². The van der Waals surface area contributed by atoms with E-state index in [0.717, 1.165) is 0 Å². The summed E-state index contributed by atoms with van der Waals surface area (Å²) in [6.07, 6.45) is 0. The third-order valence-corrected chi connectivity index (χ3v) is 3.18. The van der Waals surface area contributed by atoms with Crippen molar-refractivity contribution >= 4 is 5.91 Å². The van der Waals surface area contributed by atoms with E-state index in [-0.39, 0.29) is 24.8 Å². The summed E-state index contributed by atoms with van der Waals surface area (Å²) >= 11 is 0. The van der Waals surface area contributed by atoms with Crippen LogP contribution in [0.2, 0.25) is 0 Å². The van der Waals surface area contributed by atoms with Gasteiger partial charge in [0.1, 0.15) is 5.75 Å². The van der Waals surface area contributed by atoms with Gasteiger partial charge in [-0.2, -0.15) is 14.0 Å². The first-order valence-corrected chi connectivity index (χ1v) is 7.08. The number of nitrogens with zero attached hydrogens (tertiary/aromatic N) is 3. The summed E-state index contributed by atoms with van der Waals surface area (Å²) in [4.78, 5) is 11.9. The molecule has 1 unspecified atom stereocenters. The van der Waals surface area contributed by atoms with Crippen molar-refractivity contribution in [3.05, 3.63) is 35.7 Å². The molecule has 2 aromatic rings. The van der Waals surface area contributed by atoms with Crippen molar-refractivity contribution < 1.29 is 18.3 Å². The van der Waals surface area contributed by atoms with Crippen molar-refractivity contribution in [3.63, 3.8) is 0 Å². The van der Waals surface area contributed by atoms with Gasteiger partial charge >= 0.3 is 5.92 Å². The lowest BCUT2D eigenvalue weighted by molar-refractivity contribution is -0.147. The van der Waals surface area contributed by atoms with E-state index >= 15 is 0 Å². The Hall–Kier alpha value is -2.58. The number of hydrogen-bond acceptors (Lipinski definition) is 5. The van der Waals surface area contributed by atoms with Crippen molar-refractivity contribution in [2.24, 2.45) is 0 Å². The maximum atomic E-state index is 14.4.